The lowest BCUT2D eigenvalue weighted by molar-refractivity contribution is -0.0109. The molecule has 3 heterocycles. The zero-order chi connectivity index (χ0) is 16.6. The highest BCUT2D eigenvalue weighted by Crippen LogP contribution is 2.27. The van der Waals surface area contributed by atoms with Crippen molar-refractivity contribution < 1.29 is 0 Å². The first-order chi connectivity index (χ1) is 12.4. The van der Waals surface area contributed by atoms with Gasteiger partial charge in [0.2, 0.25) is 0 Å². The summed E-state index contributed by atoms with van der Waals surface area (Å²) in [4.78, 5) is 8.14. The SMILES string of the molecule is C1CCC(N2CCN(C3CN(Cc4n[nH]c5c4CCC5)C3)CC2)CC1. The summed E-state index contributed by atoms with van der Waals surface area (Å²) in [5, 5.41) is 7.83. The van der Waals surface area contributed by atoms with E-state index in [0.29, 0.717) is 0 Å². The molecule has 5 rings (SSSR count). The van der Waals surface area contributed by atoms with Gasteiger partial charge < -0.3 is 0 Å². The number of fused-ring (bicyclic) bond motifs is 1. The second kappa shape index (κ2) is 7.01. The number of aromatic nitrogens is 2. The molecule has 4 aliphatic rings. The summed E-state index contributed by atoms with van der Waals surface area (Å²) in [6.45, 7) is 8.71. The van der Waals surface area contributed by atoms with Gasteiger partial charge in [0.1, 0.15) is 0 Å². The maximum Gasteiger partial charge on any atom is 0.0797 e. The maximum atomic E-state index is 4.57. The monoisotopic (exact) mass is 343 g/mol. The number of hydrogen-bond acceptors (Lipinski definition) is 4. The largest absolute Gasteiger partial charge is 0.298 e. The quantitative estimate of drug-likeness (QED) is 0.908. The van der Waals surface area contributed by atoms with Crippen molar-refractivity contribution in [1.82, 2.24) is 24.9 Å². The van der Waals surface area contributed by atoms with Crippen molar-refractivity contribution in [2.75, 3.05) is 39.3 Å². The predicted molar refractivity (Wildman–Crippen MR) is 99.7 cm³/mol. The second-order valence-electron chi connectivity index (χ2n) is 8.69. The van der Waals surface area contributed by atoms with Gasteiger partial charge in [0.15, 0.2) is 0 Å². The van der Waals surface area contributed by atoms with Gasteiger partial charge in [-0.2, -0.15) is 5.10 Å². The highest BCUT2D eigenvalue weighted by Gasteiger charge is 2.35. The molecule has 0 amide bonds. The minimum Gasteiger partial charge on any atom is -0.298 e. The van der Waals surface area contributed by atoms with Gasteiger partial charge in [0.05, 0.1) is 5.69 Å². The van der Waals surface area contributed by atoms with Crippen molar-refractivity contribution in [3.8, 4) is 0 Å². The zero-order valence-electron chi connectivity index (χ0n) is 15.6. The highest BCUT2D eigenvalue weighted by atomic mass is 15.4. The Morgan fingerprint density at radius 1 is 0.840 bits per heavy atom. The number of rotatable bonds is 4. The summed E-state index contributed by atoms with van der Waals surface area (Å²) in [5.74, 6) is 0. The molecule has 0 atom stereocenters. The standard InChI is InChI=1S/C20H33N5/c1-2-5-16(6-3-1)24-9-11-25(12-10-24)17-13-23(14-17)15-20-18-7-4-8-19(18)21-22-20/h16-17H,1-15H2,(H,21,22). The summed E-state index contributed by atoms with van der Waals surface area (Å²) in [6.07, 6.45) is 11.0. The van der Waals surface area contributed by atoms with Crippen LogP contribution in [0.4, 0.5) is 0 Å². The molecule has 2 saturated heterocycles. The van der Waals surface area contributed by atoms with Crippen LogP contribution in [0.25, 0.3) is 0 Å². The fourth-order valence-electron chi connectivity index (χ4n) is 5.55. The van der Waals surface area contributed by atoms with Gasteiger partial charge in [0.25, 0.3) is 0 Å². The lowest BCUT2D eigenvalue weighted by Crippen LogP contribution is -2.63. The van der Waals surface area contributed by atoms with Gasteiger partial charge in [-0.3, -0.25) is 19.8 Å². The number of likely N-dealkylation sites (tertiary alicyclic amines) is 1. The number of nitrogens with zero attached hydrogens (tertiary/aromatic N) is 4. The third-order valence-corrected chi connectivity index (χ3v) is 7.16. The van der Waals surface area contributed by atoms with Crippen LogP contribution in [0.1, 0.15) is 55.5 Å². The van der Waals surface area contributed by atoms with Crippen LogP contribution in [0.3, 0.4) is 0 Å². The number of hydrogen-bond donors (Lipinski definition) is 1. The summed E-state index contributed by atoms with van der Waals surface area (Å²) in [7, 11) is 0. The number of piperazine rings is 1. The molecule has 3 fully saturated rings. The Labute approximate surface area is 151 Å². The first-order valence-corrected chi connectivity index (χ1v) is 10.6. The number of aryl methyl sites for hydroxylation is 1. The molecule has 0 bridgehead atoms. The molecule has 0 unspecified atom stereocenters. The third kappa shape index (κ3) is 3.26. The Kier molecular flexibility index (Phi) is 4.56. The van der Waals surface area contributed by atoms with Crippen LogP contribution >= 0.6 is 0 Å². The number of H-pyrrole nitrogens is 1. The van der Waals surface area contributed by atoms with Crippen LogP contribution in [0.2, 0.25) is 0 Å². The van der Waals surface area contributed by atoms with Gasteiger partial charge in [-0.1, -0.05) is 19.3 Å². The van der Waals surface area contributed by atoms with Gasteiger partial charge >= 0.3 is 0 Å². The Balaban J connectivity index is 1.07. The molecule has 0 spiro atoms. The summed E-state index contributed by atoms with van der Waals surface area (Å²) in [6, 6.07) is 1.69. The van der Waals surface area contributed by atoms with E-state index in [9.17, 15) is 0 Å². The van der Waals surface area contributed by atoms with Crippen molar-refractivity contribution in [1.29, 1.82) is 0 Å². The molecule has 5 heteroatoms. The lowest BCUT2D eigenvalue weighted by atomic mass is 9.93. The topological polar surface area (TPSA) is 38.4 Å². The van der Waals surface area contributed by atoms with Gasteiger partial charge in [-0.05, 0) is 37.7 Å². The molecular formula is C20H33N5. The van der Waals surface area contributed by atoms with E-state index < -0.39 is 0 Å². The predicted octanol–water partition coefficient (Wildman–Crippen LogP) is 2.03. The van der Waals surface area contributed by atoms with Gasteiger partial charge in [0, 0.05) is 63.6 Å². The number of nitrogens with one attached hydrogen (secondary N) is 1. The van der Waals surface area contributed by atoms with Crippen LogP contribution < -0.4 is 0 Å². The van der Waals surface area contributed by atoms with Gasteiger partial charge in [-0.25, -0.2) is 0 Å². The van der Waals surface area contributed by atoms with Crippen molar-refractivity contribution >= 4 is 0 Å². The van der Waals surface area contributed by atoms with E-state index in [4.69, 9.17) is 0 Å². The average Bonchev–Trinajstić information content (AvgIpc) is 3.23. The van der Waals surface area contributed by atoms with E-state index in [-0.39, 0.29) is 0 Å². The molecule has 1 aromatic heterocycles. The molecule has 0 radical (unpaired) electrons. The zero-order valence-corrected chi connectivity index (χ0v) is 15.6. The fourth-order valence-corrected chi connectivity index (χ4v) is 5.55. The smallest absolute Gasteiger partial charge is 0.0797 e. The van der Waals surface area contributed by atoms with E-state index in [0.717, 1.165) is 18.6 Å². The van der Waals surface area contributed by atoms with E-state index in [1.54, 1.807) is 0 Å². The Morgan fingerprint density at radius 3 is 2.32 bits per heavy atom. The van der Waals surface area contributed by atoms with E-state index in [1.807, 2.05) is 0 Å². The van der Waals surface area contributed by atoms with Crippen molar-refractivity contribution in [3.05, 3.63) is 17.0 Å². The summed E-state index contributed by atoms with van der Waals surface area (Å²) >= 11 is 0. The molecule has 1 N–H and O–H groups in total. The molecule has 138 valence electrons. The van der Waals surface area contributed by atoms with Crippen molar-refractivity contribution in [2.45, 2.75) is 70.0 Å². The van der Waals surface area contributed by atoms with Crippen LogP contribution in [0, 0.1) is 0 Å². The molecule has 2 aliphatic carbocycles. The Bertz CT molecular complexity index is 577. The molecular weight excluding hydrogens is 310 g/mol. The normalized spacial score (nSPS) is 27.5. The molecule has 5 nitrogen and oxygen atoms in total. The summed E-state index contributed by atoms with van der Waals surface area (Å²) in [5.41, 5.74) is 4.27. The second-order valence-corrected chi connectivity index (χ2v) is 8.69. The molecule has 25 heavy (non-hydrogen) atoms. The van der Waals surface area contributed by atoms with Crippen molar-refractivity contribution in [3.63, 3.8) is 0 Å². The third-order valence-electron chi connectivity index (χ3n) is 7.16. The van der Waals surface area contributed by atoms with Crippen LogP contribution in [0.15, 0.2) is 0 Å². The molecule has 2 aliphatic heterocycles. The molecule has 0 aromatic carbocycles. The Hall–Kier alpha value is -0.910. The molecule has 1 saturated carbocycles. The average molecular weight is 344 g/mol. The maximum absolute atomic E-state index is 4.57. The highest BCUT2D eigenvalue weighted by molar-refractivity contribution is 5.29. The van der Waals surface area contributed by atoms with E-state index in [1.165, 1.54) is 108 Å². The minimum atomic E-state index is 0.792. The van der Waals surface area contributed by atoms with E-state index in [2.05, 4.69) is 24.9 Å². The lowest BCUT2D eigenvalue weighted by Gasteiger charge is -2.49. The fraction of sp³-hybridized carbons (Fsp3) is 0.850. The Morgan fingerprint density at radius 2 is 1.56 bits per heavy atom. The van der Waals surface area contributed by atoms with Crippen LogP contribution in [0.5, 0.6) is 0 Å². The number of aromatic amines is 1. The minimum absolute atomic E-state index is 0.792. The first kappa shape index (κ1) is 16.3. The van der Waals surface area contributed by atoms with Crippen molar-refractivity contribution in [2.24, 2.45) is 0 Å². The molecule has 1 aromatic rings. The van der Waals surface area contributed by atoms with Crippen LogP contribution in [-0.4, -0.2) is 76.2 Å². The van der Waals surface area contributed by atoms with Crippen LogP contribution in [-0.2, 0) is 19.4 Å². The van der Waals surface area contributed by atoms with Gasteiger partial charge in [-0.15, -0.1) is 0 Å². The first-order valence-electron chi connectivity index (χ1n) is 10.6. The van der Waals surface area contributed by atoms with E-state index >= 15 is 0 Å². The summed E-state index contributed by atoms with van der Waals surface area (Å²) < 4.78 is 0.